The minimum atomic E-state index is 0.790. The van der Waals surface area contributed by atoms with Crippen LogP contribution in [0.3, 0.4) is 0 Å². The van der Waals surface area contributed by atoms with Crippen LogP contribution < -0.4 is 0 Å². The van der Waals surface area contributed by atoms with E-state index in [1.807, 2.05) is 0 Å². The minimum Gasteiger partial charge on any atom is -0.0840 e. The van der Waals surface area contributed by atoms with Gasteiger partial charge in [0.25, 0.3) is 0 Å². The van der Waals surface area contributed by atoms with Crippen molar-refractivity contribution in [1.82, 2.24) is 0 Å². The third-order valence-electron chi connectivity index (χ3n) is 2.70. The first-order valence-corrected chi connectivity index (χ1v) is 5.47. The summed E-state index contributed by atoms with van der Waals surface area (Å²) in [6, 6.07) is 0. The number of hydrogen-bond acceptors (Lipinski definition) is 0. The van der Waals surface area contributed by atoms with Crippen molar-refractivity contribution < 1.29 is 0 Å². The largest absolute Gasteiger partial charge is 0.0840 e. The van der Waals surface area contributed by atoms with Gasteiger partial charge in [-0.15, -0.1) is 0 Å². The average molecular weight is 178 g/mol. The molecule has 1 rings (SSSR count). The summed E-state index contributed by atoms with van der Waals surface area (Å²) in [4.78, 5) is 0. The molecule has 0 fully saturated rings. The molecule has 0 amide bonds. The predicted octanol–water partition coefficient (Wildman–Crippen LogP) is 4.19. The zero-order chi connectivity index (χ0) is 9.84. The van der Waals surface area contributed by atoms with Gasteiger partial charge in [0, 0.05) is 0 Å². The van der Waals surface area contributed by atoms with E-state index in [2.05, 4.69) is 45.9 Å². The monoisotopic (exact) mass is 178 g/mol. The Labute approximate surface area is 82.7 Å². The number of allylic oxidation sites excluding steroid dienone is 4. The molecule has 13 heavy (non-hydrogen) atoms. The molecule has 1 atom stereocenters. The van der Waals surface area contributed by atoms with Crippen molar-refractivity contribution in [3.8, 4) is 0 Å². The molecule has 0 heteroatoms. The van der Waals surface area contributed by atoms with Gasteiger partial charge in [-0.1, -0.05) is 51.5 Å². The molecule has 0 nitrogen and oxygen atoms in total. The van der Waals surface area contributed by atoms with Gasteiger partial charge in [0.05, 0.1) is 0 Å². The van der Waals surface area contributed by atoms with Crippen LogP contribution in [0.25, 0.3) is 0 Å². The Morgan fingerprint density at radius 1 is 1.38 bits per heavy atom. The lowest BCUT2D eigenvalue weighted by Crippen LogP contribution is -2.14. The van der Waals surface area contributed by atoms with Gasteiger partial charge in [0.15, 0.2) is 0 Å². The van der Waals surface area contributed by atoms with Gasteiger partial charge in [-0.05, 0) is 30.6 Å². The van der Waals surface area contributed by atoms with Gasteiger partial charge in [-0.3, -0.25) is 0 Å². The van der Waals surface area contributed by atoms with E-state index in [4.69, 9.17) is 0 Å². The summed E-state index contributed by atoms with van der Waals surface area (Å²) in [6.45, 7) is 9.12. The van der Waals surface area contributed by atoms with Crippen LogP contribution in [0.15, 0.2) is 23.8 Å². The molecule has 0 heterocycles. The van der Waals surface area contributed by atoms with Gasteiger partial charge in [0.2, 0.25) is 0 Å². The maximum atomic E-state index is 2.42. The molecule has 0 N–H and O–H groups in total. The molecule has 0 aliphatic heterocycles. The van der Waals surface area contributed by atoms with Gasteiger partial charge in [0.1, 0.15) is 0 Å². The van der Waals surface area contributed by atoms with E-state index in [0.29, 0.717) is 0 Å². The molecule has 0 saturated heterocycles. The second kappa shape index (κ2) is 4.64. The fourth-order valence-electron chi connectivity index (χ4n) is 1.56. The highest BCUT2D eigenvalue weighted by molar-refractivity contribution is 5.28. The Morgan fingerprint density at radius 2 is 2.00 bits per heavy atom. The van der Waals surface area contributed by atoms with Crippen LogP contribution in [0, 0.1) is 17.8 Å². The molecular formula is C13H22. The fourth-order valence-corrected chi connectivity index (χ4v) is 1.56. The molecule has 0 radical (unpaired) electrons. The van der Waals surface area contributed by atoms with Crippen LogP contribution in [0.5, 0.6) is 0 Å². The molecule has 0 bridgehead atoms. The molecule has 74 valence electrons. The standard InChI is InChI=1S/C13H22/c1-10(2)6-5-7-12-8-13(9-12)11(3)4/h5,7-8,10-11,13H,6,9H2,1-4H3. The van der Waals surface area contributed by atoms with Crippen molar-refractivity contribution in [2.24, 2.45) is 17.8 Å². The first-order valence-electron chi connectivity index (χ1n) is 5.47. The second-order valence-electron chi connectivity index (χ2n) is 4.89. The molecule has 1 aliphatic rings. The fraction of sp³-hybridized carbons (Fsp3) is 0.692. The molecule has 0 aromatic heterocycles. The third-order valence-corrected chi connectivity index (χ3v) is 2.70. The zero-order valence-electron chi connectivity index (χ0n) is 9.38. The highest BCUT2D eigenvalue weighted by atomic mass is 14.2. The Kier molecular flexibility index (Phi) is 3.77. The van der Waals surface area contributed by atoms with Crippen molar-refractivity contribution >= 4 is 0 Å². The maximum absolute atomic E-state index is 2.42. The van der Waals surface area contributed by atoms with Crippen molar-refractivity contribution in [2.75, 3.05) is 0 Å². The Bertz CT molecular complexity index is 206. The van der Waals surface area contributed by atoms with E-state index in [1.165, 1.54) is 12.8 Å². The van der Waals surface area contributed by atoms with Gasteiger partial charge in [-0.25, -0.2) is 0 Å². The normalized spacial score (nSPS) is 22.6. The molecule has 0 aromatic carbocycles. The first kappa shape index (κ1) is 10.6. The molecule has 1 aliphatic carbocycles. The van der Waals surface area contributed by atoms with Crippen molar-refractivity contribution in [2.45, 2.75) is 40.5 Å². The van der Waals surface area contributed by atoms with Crippen molar-refractivity contribution in [1.29, 1.82) is 0 Å². The van der Waals surface area contributed by atoms with E-state index in [0.717, 1.165) is 17.8 Å². The van der Waals surface area contributed by atoms with Crippen LogP contribution in [-0.4, -0.2) is 0 Å². The quantitative estimate of drug-likeness (QED) is 0.605. The molecule has 0 spiro atoms. The summed E-state index contributed by atoms with van der Waals surface area (Å²) >= 11 is 0. The van der Waals surface area contributed by atoms with E-state index >= 15 is 0 Å². The van der Waals surface area contributed by atoms with Crippen LogP contribution in [-0.2, 0) is 0 Å². The van der Waals surface area contributed by atoms with Crippen LogP contribution in [0.2, 0.25) is 0 Å². The SMILES string of the molecule is CC(C)CC=CC1=CC(C(C)C)C1. The number of rotatable bonds is 4. The van der Waals surface area contributed by atoms with Crippen molar-refractivity contribution in [3.05, 3.63) is 23.8 Å². The summed E-state index contributed by atoms with van der Waals surface area (Å²) in [5, 5.41) is 0. The first-order chi connectivity index (χ1) is 6.09. The molecule has 1 unspecified atom stereocenters. The summed E-state index contributed by atoms with van der Waals surface area (Å²) < 4.78 is 0. The van der Waals surface area contributed by atoms with Gasteiger partial charge >= 0.3 is 0 Å². The molecular weight excluding hydrogens is 156 g/mol. The van der Waals surface area contributed by atoms with Crippen molar-refractivity contribution in [3.63, 3.8) is 0 Å². The second-order valence-corrected chi connectivity index (χ2v) is 4.89. The van der Waals surface area contributed by atoms with Crippen LogP contribution in [0.1, 0.15) is 40.5 Å². The zero-order valence-corrected chi connectivity index (χ0v) is 9.38. The summed E-state index contributed by atoms with van der Waals surface area (Å²) in [6.07, 6.45) is 9.55. The van der Waals surface area contributed by atoms with E-state index in [9.17, 15) is 0 Å². The lowest BCUT2D eigenvalue weighted by Gasteiger charge is -2.26. The maximum Gasteiger partial charge on any atom is -0.0164 e. The van der Waals surface area contributed by atoms with E-state index < -0.39 is 0 Å². The lowest BCUT2D eigenvalue weighted by atomic mass is 9.79. The summed E-state index contributed by atoms with van der Waals surface area (Å²) in [7, 11) is 0. The van der Waals surface area contributed by atoms with Gasteiger partial charge < -0.3 is 0 Å². The Morgan fingerprint density at radius 3 is 2.46 bits per heavy atom. The summed E-state index contributed by atoms with van der Waals surface area (Å²) in [5.74, 6) is 2.46. The smallest absolute Gasteiger partial charge is 0.0164 e. The van der Waals surface area contributed by atoms with Crippen LogP contribution in [0.4, 0.5) is 0 Å². The topological polar surface area (TPSA) is 0 Å². The number of hydrogen-bond donors (Lipinski definition) is 0. The van der Waals surface area contributed by atoms with E-state index in [1.54, 1.807) is 5.57 Å². The average Bonchev–Trinajstić information content (AvgIpc) is 1.92. The highest BCUT2D eigenvalue weighted by Gasteiger charge is 2.19. The molecule has 0 aromatic rings. The molecule has 0 saturated carbocycles. The lowest BCUT2D eigenvalue weighted by molar-refractivity contribution is 0.428. The highest BCUT2D eigenvalue weighted by Crippen LogP contribution is 2.32. The van der Waals surface area contributed by atoms with Crippen LogP contribution >= 0.6 is 0 Å². The minimum absolute atomic E-state index is 0.790. The predicted molar refractivity (Wildman–Crippen MR) is 59.6 cm³/mol. The van der Waals surface area contributed by atoms with Gasteiger partial charge in [-0.2, -0.15) is 0 Å². The Balaban J connectivity index is 2.26. The third kappa shape index (κ3) is 3.38. The van der Waals surface area contributed by atoms with E-state index in [-0.39, 0.29) is 0 Å². The Hall–Kier alpha value is -0.520. The summed E-state index contributed by atoms with van der Waals surface area (Å²) in [5.41, 5.74) is 1.54.